The van der Waals surface area contributed by atoms with Crippen molar-refractivity contribution in [2.75, 3.05) is 50.2 Å². The smallest absolute Gasteiger partial charge is 0.227 e. The van der Waals surface area contributed by atoms with Crippen LogP contribution in [0.2, 0.25) is 5.02 Å². The highest BCUT2D eigenvalue weighted by Crippen LogP contribution is 2.37. The fourth-order valence-electron chi connectivity index (χ4n) is 4.83. The Morgan fingerprint density at radius 1 is 1.23 bits per heavy atom. The molecule has 9 heteroatoms. The predicted molar refractivity (Wildman–Crippen MR) is 144 cm³/mol. The van der Waals surface area contributed by atoms with Gasteiger partial charge in [0.15, 0.2) is 0 Å². The van der Waals surface area contributed by atoms with Crippen LogP contribution in [0.25, 0.3) is 22.2 Å². The van der Waals surface area contributed by atoms with Gasteiger partial charge in [-0.25, -0.2) is 9.97 Å². The average Bonchev–Trinajstić information content (AvgIpc) is 3.46. The number of nitrogens with one attached hydrogen (secondary N) is 1. The fourth-order valence-corrected chi connectivity index (χ4v) is 5.03. The number of nitrogen functional groups attached to an aromatic ring is 1. The summed E-state index contributed by atoms with van der Waals surface area (Å²) in [5.41, 5.74) is 11.6. The lowest BCUT2D eigenvalue weighted by atomic mass is 10.1. The standard InChI is InChI=1S/C26H30ClN7O/c1-32(2)17-10-11-34(14-17)22-9-8-16(12-21(22)28)30-26-29-13-20(27)24(31-26)19-15-33(3)25-18(19)6-5-7-23(25)35-4/h5-9,12-13,15,17H,10-11,14,28H2,1-4H3,(H,29,30,31)/t17-/m0/s1. The fraction of sp³-hybridized carbons (Fsp3) is 0.308. The number of halogens is 1. The number of nitrogens with zero attached hydrogens (tertiary/aromatic N) is 5. The maximum Gasteiger partial charge on any atom is 0.227 e. The molecule has 35 heavy (non-hydrogen) atoms. The molecule has 5 rings (SSSR count). The van der Waals surface area contributed by atoms with Gasteiger partial charge in [-0.15, -0.1) is 0 Å². The number of aromatic nitrogens is 3. The van der Waals surface area contributed by atoms with Gasteiger partial charge in [0.05, 0.1) is 40.9 Å². The topological polar surface area (TPSA) is 84.5 Å². The molecule has 0 amide bonds. The van der Waals surface area contributed by atoms with Crippen LogP contribution in [0.5, 0.6) is 5.75 Å². The normalized spacial score (nSPS) is 15.8. The van der Waals surface area contributed by atoms with E-state index in [2.05, 4.69) is 40.3 Å². The van der Waals surface area contributed by atoms with Crippen LogP contribution in [-0.4, -0.2) is 59.8 Å². The summed E-state index contributed by atoms with van der Waals surface area (Å²) in [5, 5.41) is 4.77. The SMILES string of the molecule is COc1cccc2c(-c3nc(Nc4ccc(N5CC[C@H](N(C)C)C5)c(N)c4)ncc3Cl)cn(C)c12. The molecule has 0 aliphatic carbocycles. The Labute approximate surface area is 210 Å². The van der Waals surface area contributed by atoms with E-state index in [1.54, 1.807) is 13.3 Å². The van der Waals surface area contributed by atoms with Crippen molar-refractivity contribution in [2.24, 2.45) is 7.05 Å². The van der Waals surface area contributed by atoms with Crippen LogP contribution in [-0.2, 0) is 7.05 Å². The zero-order chi connectivity index (χ0) is 24.7. The van der Waals surface area contributed by atoms with Crippen molar-refractivity contribution >= 4 is 45.5 Å². The third kappa shape index (κ3) is 4.35. The van der Waals surface area contributed by atoms with Crippen molar-refractivity contribution in [3.8, 4) is 17.0 Å². The van der Waals surface area contributed by atoms with Gasteiger partial charge in [0, 0.05) is 49.0 Å². The molecule has 0 bridgehead atoms. The Balaban J connectivity index is 1.43. The molecule has 0 radical (unpaired) electrons. The Morgan fingerprint density at radius 3 is 2.77 bits per heavy atom. The molecule has 2 aromatic carbocycles. The van der Waals surface area contributed by atoms with Crippen molar-refractivity contribution in [3.05, 3.63) is 53.8 Å². The van der Waals surface area contributed by atoms with E-state index in [-0.39, 0.29) is 0 Å². The number of methoxy groups -OCH3 is 1. The third-order valence-corrected chi connectivity index (χ3v) is 6.98. The number of hydrogen-bond donors (Lipinski definition) is 2. The van der Waals surface area contributed by atoms with Crippen LogP contribution in [0.4, 0.5) is 23.0 Å². The molecule has 8 nitrogen and oxygen atoms in total. The summed E-state index contributed by atoms with van der Waals surface area (Å²) in [6, 6.07) is 12.5. The molecule has 4 aromatic rings. The summed E-state index contributed by atoms with van der Waals surface area (Å²) < 4.78 is 7.57. The molecule has 2 aromatic heterocycles. The Kier molecular flexibility index (Phi) is 6.17. The Bertz CT molecular complexity index is 1380. The van der Waals surface area contributed by atoms with E-state index in [1.807, 2.05) is 48.1 Å². The van der Waals surface area contributed by atoms with Gasteiger partial charge in [-0.1, -0.05) is 23.7 Å². The molecule has 0 saturated carbocycles. The summed E-state index contributed by atoms with van der Waals surface area (Å²) in [7, 11) is 7.90. The number of para-hydroxylation sites is 1. The molecular weight excluding hydrogens is 462 g/mol. The molecule has 1 saturated heterocycles. The van der Waals surface area contributed by atoms with E-state index in [9.17, 15) is 0 Å². The van der Waals surface area contributed by atoms with Crippen LogP contribution in [0.3, 0.4) is 0 Å². The Hall–Kier alpha value is -3.49. The van der Waals surface area contributed by atoms with E-state index in [4.69, 9.17) is 27.1 Å². The zero-order valence-electron chi connectivity index (χ0n) is 20.4. The van der Waals surface area contributed by atoms with Crippen LogP contribution >= 0.6 is 11.6 Å². The first-order valence-corrected chi connectivity index (χ1v) is 12.0. The van der Waals surface area contributed by atoms with Crippen LogP contribution in [0, 0.1) is 0 Å². The molecular formula is C26H30ClN7O. The number of anilines is 4. The minimum atomic E-state index is 0.449. The summed E-state index contributed by atoms with van der Waals surface area (Å²) in [5.74, 6) is 1.25. The van der Waals surface area contributed by atoms with Crippen molar-refractivity contribution < 1.29 is 4.74 Å². The first-order chi connectivity index (χ1) is 16.9. The molecule has 1 atom stereocenters. The second-order valence-electron chi connectivity index (χ2n) is 9.15. The molecule has 1 aliphatic rings. The van der Waals surface area contributed by atoms with Crippen molar-refractivity contribution in [1.29, 1.82) is 0 Å². The van der Waals surface area contributed by atoms with Gasteiger partial charge in [0.2, 0.25) is 5.95 Å². The molecule has 182 valence electrons. The highest BCUT2D eigenvalue weighted by molar-refractivity contribution is 6.33. The number of benzene rings is 2. The number of rotatable bonds is 6. The number of aryl methyl sites for hydroxylation is 1. The molecule has 3 heterocycles. The van der Waals surface area contributed by atoms with Crippen molar-refractivity contribution in [3.63, 3.8) is 0 Å². The lowest BCUT2D eigenvalue weighted by Gasteiger charge is -2.23. The first-order valence-electron chi connectivity index (χ1n) is 11.6. The quantitative estimate of drug-likeness (QED) is 0.376. The number of hydrogen-bond acceptors (Lipinski definition) is 7. The molecule has 3 N–H and O–H groups in total. The van der Waals surface area contributed by atoms with Crippen LogP contribution < -0.4 is 20.7 Å². The highest BCUT2D eigenvalue weighted by atomic mass is 35.5. The van der Waals surface area contributed by atoms with Gasteiger partial charge in [-0.05, 0) is 44.8 Å². The van der Waals surface area contributed by atoms with Gasteiger partial charge in [-0.2, -0.15) is 0 Å². The summed E-state index contributed by atoms with van der Waals surface area (Å²) in [6.07, 6.45) is 4.76. The number of fused-ring (bicyclic) bond motifs is 1. The van der Waals surface area contributed by atoms with Crippen LogP contribution in [0.1, 0.15) is 6.42 Å². The first kappa shape index (κ1) is 23.3. The van der Waals surface area contributed by atoms with Crippen molar-refractivity contribution in [1.82, 2.24) is 19.4 Å². The number of ether oxygens (including phenoxy) is 1. The average molecular weight is 492 g/mol. The van der Waals surface area contributed by atoms with E-state index in [0.717, 1.165) is 58.8 Å². The van der Waals surface area contributed by atoms with E-state index in [1.165, 1.54) is 0 Å². The molecule has 0 spiro atoms. The minimum absolute atomic E-state index is 0.449. The van der Waals surface area contributed by atoms with E-state index < -0.39 is 0 Å². The van der Waals surface area contributed by atoms with Gasteiger partial charge < -0.3 is 30.2 Å². The lowest BCUT2D eigenvalue weighted by molar-refractivity contribution is 0.315. The van der Waals surface area contributed by atoms with Gasteiger partial charge in [0.1, 0.15) is 5.75 Å². The summed E-state index contributed by atoms with van der Waals surface area (Å²) in [4.78, 5) is 13.8. The molecule has 1 fully saturated rings. The summed E-state index contributed by atoms with van der Waals surface area (Å²) in [6.45, 7) is 1.97. The van der Waals surface area contributed by atoms with Gasteiger partial charge in [-0.3, -0.25) is 0 Å². The molecule has 0 unspecified atom stereocenters. The van der Waals surface area contributed by atoms with Gasteiger partial charge in [0.25, 0.3) is 0 Å². The highest BCUT2D eigenvalue weighted by Gasteiger charge is 2.25. The minimum Gasteiger partial charge on any atom is -0.495 e. The maximum atomic E-state index is 6.55. The second-order valence-corrected chi connectivity index (χ2v) is 9.56. The van der Waals surface area contributed by atoms with Crippen LogP contribution in [0.15, 0.2) is 48.8 Å². The van der Waals surface area contributed by atoms with Crippen molar-refractivity contribution in [2.45, 2.75) is 12.5 Å². The lowest BCUT2D eigenvalue weighted by Crippen LogP contribution is -2.31. The largest absolute Gasteiger partial charge is 0.495 e. The number of likely N-dealkylation sites (N-methyl/N-ethyl adjacent to an activating group) is 1. The predicted octanol–water partition coefficient (Wildman–Crippen LogP) is 4.76. The Morgan fingerprint density at radius 2 is 2.06 bits per heavy atom. The maximum absolute atomic E-state index is 6.55. The third-order valence-electron chi connectivity index (χ3n) is 6.70. The van der Waals surface area contributed by atoms with E-state index in [0.29, 0.717) is 22.7 Å². The number of nitrogens with two attached hydrogens (primary N) is 1. The zero-order valence-corrected chi connectivity index (χ0v) is 21.2. The monoisotopic (exact) mass is 491 g/mol. The van der Waals surface area contributed by atoms with Gasteiger partial charge >= 0.3 is 0 Å². The second kappa shape index (κ2) is 9.28. The summed E-state index contributed by atoms with van der Waals surface area (Å²) >= 11 is 6.55. The molecule has 1 aliphatic heterocycles. The van der Waals surface area contributed by atoms with E-state index >= 15 is 0 Å².